The van der Waals surface area contributed by atoms with Gasteiger partial charge in [-0.2, -0.15) is 11.8 Å². The number of thioether (sulfide) groups is 1. The lowest BCUT2D eigenvalue weighted by Gasteiger charge is -2.41. The molecule has 1 aromatic rings. The van der Waals surface area contributed by atoms with Crippen molar-refractivity contribution in [3.63, 3.8) is 0 Å². The Labute approximate surface area is 165 Å². The first-order chi connectivity index (χ1) is 13.1. The van der Waals surface area contributed by atoms with Crippen LogP contribution in [0, 0.1) is 6.92 Å². The van der Waals surface area contributed by atoms with E-state index in [0.29, 0.717) is 12.8 Å². The summed E-state index contributed by atoms with van der Waals surface area (Å²) in [5.74, 6) is 2.21. The Morgan fingerprint density at radius 1 is 1.26 bits per heavy atom. The number of morpholine rings is 1. The highest BCUT2D eigenvalue weighted by Gasteiger charge is 2.37. The number of hydrogen-bond acceptors (Lipinski definition) is 5. The summed E-state index contributed by atoms with van der Waals surface area (Å²) in [7, 11) is 0. The molecule has 0 spiro atoms. The van der Waals surface area contributed by atoms with Crippen molar-refractivity contribution in [2.45, 2.75) is 31.7 Å². The van der Waals surface area contributed by atoms with Gasteiger partial charge in [-0.25, -0.2) is 0 Å². The molecule has 2 heterocycles. The summed E-state index contributed by atoms with van der Waals surface area (Å²) < 4.78 is 5.46. The summed E-state index contributed by atoms with van der Waals surface area (Å²) in [5, 5.41) is 0. The molecule has 1 aromatic carbocycles. The Hall–Kier alpha value is -1.37. The number of benzene rings is 1. The smallest absolute Gasteiger partial charge is 0.230 e. The highest BCUT2D eigenvalue weighted by atomic mass is 32.2. The summed E-state index contributed by atoms with van der Waals surface area (Å²) >= 11 is 1.94. The molecule has 2 saturated heterocycles. The Kier molecular flexibility index (Phi) is 5.85. The van der Waals surface area contributed by atoms with E-state index in [1.54, 1.807) is 0 Å². The molecule has 3 aliphatic rings. The lowest BCUT2D eigenvalue weighted by Crippen LogP contribution is -2.54. The van der Waals surface area contributed by atoms with Gasteiger partial charge >= 0.3 is 0 Å². The second-order valence-electron chi connectivity index (χ2n) is 7.78. The van der Waals surface area contributed by atoms with Crippen LogP contribution in [0.2, 0.25) is 0 Å². The quantitative estimate of drug-likeness (QED) is 0.795. The molecule has 4 rings (SSSR count). The highest BCUT2D eigenvalue weighted by Crippen LogP contribution is 2.35. The summed E-state index contributed by atoms with van der Waals surface area (Å²) in [5.41, 5.74) is 2.81. The number of carbonyl (C=O) groups excluding carboxylic acids is 2. The lowest BCUT2D eigenvalue weighted by atomic mass is 9.80. The van der Waals surface area contributed by atoms with E-state index in [-0.39, 0.29) is 23.7 Å². The van der Waals surface area contributed by atoms with Gasteiger partial charge in [-0.15, -0.1) is 0 Å². The summed E-state index contributed by atoms with van der Waals surface area (Å²) in [4.78, 5) is 30.4. The number of nitrogens with zero attached hydrogens (tertiary/aromatic N) is 2. The first kappa shape index (κ1) is 19.0. The van der Waals surface area contributed by atoms with Crippen molar-refractivity contribution in [2.24, 2.45) is 0 Å². The molecular weight excluding hydrogens is 360 g/mol. The zero-order chi connectivity index (χ0) is 18.8. The normalized spacial score (nSPS) is 26.7. The van der Waals surface area contributed by atoms with Gasteiger partial charge in [0.25, 0.3) is 0 Å². The Morgan fingerprint density at radius 3 is 2.89 bits per heavy atom. The predicted molar refractivity (Wildman–Crippen MR) is 108 cm³/mol. The van der Waals surface area contributed by atoms with Crippen molar-refractivity contribution in [3.8, 4) is 0 Å². The van der Waals surface area contributed by atoms with Crippen LogP contribution in [-0.2, 0) is 9.53 Å². The second kappa shape index (κ2) is 8.33. The SMILES string of the molecule is Cc1ccc2c(c1)C(C(=O)N1CCSCC1CN1CCOCC1)CCC2=O. The monoisotopic (exact) mass is 388 g/mol. The van der Waals surface area contributed by atoms with Crippen LogP contribution < -0.4 is 0 Å². The van der Waals surface area contributed by atoms with Gasteiger partial charge in [0.2, 0.25) is 5.91 Å². The molecule has 0 radical (unpaired) electrons. The maximum absolute atomic E-state index is 13.5. The van der Waals surface area contributed by atoms with Crippen LogP contribution in [0.4, 0.5) is 0 Å². The van der Waals surface area contributed by atoms with Crippen LogP contribution in [0.3, 0.4) is 0 Å². The first-order valence-electron chi connectivity index (χ1n) is 9.95. The fraction of sp³-hybridized carbons (Fsp3) is 0.619. The molecule has 1 aliphatic carbocycles. The fourth-order valence-electron chi connectivity index (χ4n) is 4.42. The molecule has 0 aromatic heterocycles. The van der Waals surface area contributed by atoms with Gasteiger partial charge in [0, 0.05) is 49.7 Å². The van der Waals surface area contributed by atoms with Gasteiger partial charge in [0.15, 0.2) is 5.78 Å². The number of hydrogen-bond donors (Lipinski definition) is 0. The van der Waals surface area contributed by atoms with Crippen molar-refractivity contribution < 1.29 is 14.3 Å². The van der Waals surface area contributed by atoms with Crippen LogP contribution in [0.1, 0.15) is 40.2 Å². The third kappa shape index (κ3) is 4.08. The first-order valence-corrected chi connectivity index (χ1v) is 11.1. The molecule has 0 saturated carbocycles. The number of rotatable bonds is 3. The van der Waals surface area contributed by atoms with E-state index in [2.05, 4.69) is 9.80 Å². The van der Waals surface area contributed by atoms with Crippen molar-refractivity contribution >= 4 is 23.5 Å². The number of amides is 1. The van der Waals surface area contributed by atoms with Crippen molar-refractivity contribution in [3.05, 3.63) is 34.9 Å². The number of aryl methyl sites for hydroxylation is 1. The lowest BCUT2D eigenvalue weighted by molar-refractivity contribution is -0.135. The van der Waals surface area contributed by atoms with Crippen LogP contribution in [0.5, 0.6) is 0 Å². The molecule has 2 unspecified atom stereocenters. The molecule has 0 N–H and O–H groups in total. The van der Waals surface area contributed by atoms with Crippen LogP contribution in [0.25, 0.3) is 0 Å². The third-order valence-electron chi connectivity index (χ3n) is 5.92. The predicted octanol–water partition coefficient (Wildman–Crippen LogP) is 2.33. The van der Waals surface area contributed by atoms with Gasteiger partial charge < -0.3 is 9.64 Å². The molecule has 2 aliphatic heterocycles. The topological polar surface area (TPSA) is 49.9 Å². The summed E-state index contributed by atoms with van der Waals surface area (Å²) in [6, 6.07) is 6.18. The van der Waals surface area contributed by atoms with E-state index in [9.17, 15) is 9.59 Å². The number of fused-ring (bicyclic) bond motifs is 1. The summed E-state index contributed by atoms with van der Waals surface area (Å²) in [6.45, 7) is 7.22. The standard InChI is InChI=1S/C21H28N2O3S/c1-15-2-3-17-19(12-15)18(4-5-20(17)24)21(25)23-8-11-27-14-16(23)13-22-6-9-26-10-7-22/h2-3,12,16,18H,4-11,13-14H2,1H3. The molecule has 27 heavy (non-hydrogen) atoms. The van der Waals surface area contributed by atoms with Gasteiger partial charge in [0.05, 0.1) is 25.2 Å². The maximum atomic E-state index is 13.5. The second-order valence-corrected chi connectivity index (χ2v) is 8.93. The largest absolute Gasteiger partial charge is 0.379 e. The third-order valence-corrected chi connectivity index (χ3v) is 7.02. The summed E-state index contributed by atoms with van der Waals surface area (Å²) in [6.07, 6.45) is 1.12. The Balaban J connectivity index is 1.54. The van der Waals surface area contributed by atoms with Crippen molar-refractivity contribution in [1.29, 1.82) is 0 Å². The molecule has 1 amide bonds. The van der Waals surface area contributed by atoms with Gasteiger partial charge in [-0.05, 0) is 18.9 Å². The maximum Gasteiger partial charge on any atom is 0.230 e. The fourth-order valence-corrected chi connectivity index (χ4v) is 5.47. The Bertz CT molecular complexity index is 717. The highest BCUT2D eigenvalue weighted by molar-refractivity contribution is 7.99. The zero-order valence-electron chi connectivity index (χ0n) is 16.0. The van der Waals surface area contributed by atoms with Gasteiger partial charge in [0.1, 0.15) is 0 Å². The minimum Gasteiger partial charge on any atom is -0.379 e. The molecule has 5 nitrogen and oxygen atoms in total. The molecule has 2 atom stereocenters. The van der Waals surface area contributed by atoms with Crippen LogP contribution in [-0.4, -0.2) is 78.4 Å². The van der Waals surface area contributed by atoms with E-state index < -0.39 is 0 Å². The van der Waals surface area contributed by atoms with E-state index in [1.165, 1.54) is 0 Å². The zero-order valence-corrected chi connectivity index (χ0v) is 16.8. The van der Waals surface area contributed by atoms with Gasteiger partial charge in [-0.3, -0.25) is 14.5 Å². The molecule has 2 fully saturated rings. The average molecular weight is 389 g/mol. The van der Waals surface area contributed by atoms with Crippen LogP contribution in [0.15, 0.2) is 18.2 Å². The van der Waals surface area contributed by atoms with E-state index in [1.807, 2.05) is 36.9 Å². The number of Topliss-reactive ketones (excluding diaryl/α,β-unsaturated/α-hetero) is 1. The number of carbonyl (C=O) groups is 2. The van der Waals surface area contributed by atoms with Gasteiger partial charge in [-0.1, -0.05) is 23.8 Å². The van der Waals surface area contributed by atoms with Crippen LogP contribution >= 0.6 is 11.8 Å². The number of ketones is 1. The minimum atomic E-state index is -0.173. The number of ether oxygens (including phenoxy) is 1. The van der Waals surface area contributed by atoms with Crippen molar-refractivity contribution in [1.82, 2.24) is 9.80 Å². The van der Waals surface area contributed by atoms with Crippen molar-refractivity contribution in [2.75, 3.05) is 50.9 Å². The molecule has 0 bridgehead atoms. The Morgan fingerprint density at radius 2 is 2.07 bits per heavy atom. The van der Waals surface area contributed by atoms with E-state index >= 15 is 0 Å². The molecule has 146 valence electrons. The van der Waals surface area contributed by atoms with E-state index in [4.69, 9.17) is 4.74 Å². The van der Waals surface area contributed by atoms with E-state index in [0.717, 1.165) is 67.6 Å². The molecule has 6 heteroatoms. The molecular formula is C21H28N2O3S. The minimum absolute atomic E-state index is 0.173. The average Bonchev–Trinajstić information content (AvgIpc) is 2.69.